The number of benzene rings is 2. The number of ketones is 1. The van der Waals surface area contributed by atoms with Gasteiger partial charge in [0, 0.05) is 29.2 Å². The van der Waals surface area contributed by atoms with Crippen LogP contribution in [0.4, 0.5) is 5.69 Å². The van der Waals surface area contributed by atoms with Crippen LogP contribution in [0.3, 0.4) is 0 Å². The van der Waals surface area contributed by atoms with Gasteiger partial charge in [-0.05, 0) is 35.2 Å². The Hall–Kier alpha value is -3.27. The van der Waals surface area contributed by atoms with Crippen LogP contribution in [-0.4, -0.2) is 23.0 Å². The lowest BCUT2D eigenvalue weighted by Crippen LogP contribution is -2.36. The Bertz CT molecular complexity index is 1090. The summed E-state index contributed by atoms with van der Waals surface area (Å²) in [5, 5.41) is 3.69. The molecule has 2 aromatic carbocycles. The minimum Gasteiger partial charge on any atom is -0.377 e. The van der Waals surface area contributed by atoms with E-state index in [2.05, 4.69) is 47.6 Å². The second-order valence-electron chi connectivity index (χ2n) is 7.34. The van der Waals surface area contributed by atoms with Gasteiger partial charge in [-0.1, -0.05) is 49.4 Å². The van der Waals surface area contributed by atoms with E-state index in [9.17, 15) is 4.79 Å². The van der Waals surface area contributed by atoms with Gasteiger partial charge in [0.25, 0.3) is 0 Å². The minimum absolute atomic E-state index is 0.00973. The van der Waals surface area contributed by atoms with Crippen molar-refractivity contribution in [3.8, 4) is 0 Å². The number of aryl methyl sites for hydroxylation is 1. The SMILES string of the molecule is CCc1cccc(C2C3=NCC(=O)c4cccc(c43)NC2c2cccnc2)c1. The van der Waals surface area contributed by atoms with E-state index >= 15 is 0 Å². The molecule has 0 saturated carbocycles. The molecule has 3 aromatic rings. The van der Waals surface area contributed by atoms with E-state index < -0.39 is 0 Å². The molecule has 0 radical (unpaired) electrons. The molecule has 2 atom stereocenters. The molecule has 1 N–H and O–H groups in total. The van der Waals surface area contributed by atoms with Gasteiger partial charge < -0.3 is 5.32 Å². The van der Waals surface area contributed by atoms with Crippen molar-refractivity contribution >= 4 is 17.2 Å². The van der Waals surface area contributed by atoms with E-state index in [-0.39, 0.29) is 24.3 Å². The van der Waals surface area contributed by atoms with Crippen LogP contribution in [0.25, 0.3) is 0 Å². The highest BCUT2D eigenvalue weighted by Crippen LogP contribution is 2.45. The molecule has 2 aliphatic rings. The number of carbonyl (C=O) groups excluding carboxylic acids is 1. The van der Waals surface area contributed by atoms with Crippen molar-refractivity contribution in [2.75, 3.05) is 11.9 Å². The van der Waals surface area contributed by atoms with Gasteiger partial charge in [0.15, 0.2) is 5.78 Å². The number of aromatic nitrogens is 1. The van der Waals surface area contributed by atoms with Crippen molar-refractivity contribution in [2.24, 2.45) is 4.99 Å². The van der Waals surface area contributed by atoms with Gasteiger partial charge in [0.2, 0.25) is 0 Å². The zero-order valence-electron chi connectivity index (χ0n) is 15.7. The lowest BCUT2D eigenvalue weighted by Gasteiger charge is -2.38. The minimum atomic E-state index is 0.00973. The summed E-state index contributed by atoms with van der Waals surface area (Å²) in [6.45, 7) is 2.39. The van der Waals surface area contributed by atoms with Crippen LogP contribution in [0, 0.1) is 0 Å². The van der Waals surface area contributed by atoms with E-state index in [1.165, 1.54) is 11.1 Å². The smallest absolute Gasteiger partial charge is 0.184 e. The fourth-order valence-electron chi connectivity index (χ4n) is 4.36. The zero-order valence-corrected chi connectivity index (χ0v) is 15.7. The van der Waals surface area contributed by atoms with E-state index in [1.807, 2.05) is 30.5 Å². The molecule has 1 aromatic heterocycles. The summed E-state index contributed by atoms with van der Waals surface area (Å²) in [6, 6.07) is 18.7. The highest BCUT2D eigenvalue weighted by Gasteiger charge is 2.39. The molecule has 3 heterocycles. The quantitative estimate of drug-likeness (QED) is 0.737. The first-order chi connectivity index (χ1) is 13.8. The van der Waals surface area contributed by atoms with E-state index in [0.717, 1.165) is 34.5 Å². The van der Waals surface area contributed by atoms with Crippen molar-refractivity contribution in [3.05, 3.63) is 94.8 Å². The fraction of sp³-hybridized carbons (Fsp3) is 0.208. The molecular formula is C24H21N3O. The second-order valence-corrected chi connectivity index (χ2v) is 7.34. The molecule has 2 unspecified atom stereocenters. The number of rotatable bonds is 3. The number of aliphatic imine (C=N–C) groups is 1. The van der Waals surface area contributed by atoms with Crippen LogP contribution in [0.1, 0.15) is 51.5 Å². The van der Waals surface area contributed by atoms with E-state index in [1.54, 1.807) is 6.20 Å². The Labute approximate surface area is 164 Å². The lowest BCUT2D eigenvalue weighted by molar-refractivity contribution is 0.1000. The third-order valence-electron chi connectivity index (χ3n) is 5.71. The number of anilines is 1. The van der Waals surface area contributed by atoms with Gasteiger partial charge in [-0.25, -0.2) is 0 Å². The van der Waals surface area contributed by atoms with Crippen LogP contribution in [0.15, 0.2) is 72.0 Å². The van der Waals surface area contributed by atoms with Gasteiger partial charge >= 0.3 is 0 Å². The van der Waals surface area contributed by atoms with Gasteiger partial charge in [-0.3, -0.25) is 14.8 Å². The number of carbonyl (C=O) groups is 1. The fourth-order valence-corrected chi connectivity index (χ4v) is 4.36. The van der Waals surface area contributed by atoms with Crippen LogP contribution < -0.4 is 5.32 Å². The highest BCUT2D eigenvalue weighted by molar-refractivity contribution is 6.21. The summed E-state index contributed by atoms with van der Waals surface area (Å²) in [5.74, 6) is 0.112. The zero-order chi connectivity index (χ0) is 19.1. The summed E-state index contributed by atoms with van der Waals surface area (Å²) in [7, 11) is 0. The molecule has 4 heteroatoms. The predicted octanol–water partition coefficient (Wildman–Crippen LogP) is 4.58. The number of Topliss-reactive ketones (excluding diaryl/α,β-unsaturated/α-hetero) is 1. The standard InChI is InChI=1S/C24H21N3O/c1-2-15-6-3-7-16(12-15)21-23(17-8-5-11-25-13-17)27-19-10-4-9-18-20(28)14-26-24(21)22(18)19/h3-13,21,23,27H,2,14H2,1H3. The van der Waals surface area contributed by atoms with Crippen molar-refractivity contribution in [3.63, 3.8) is 0 Å². The van der Waals surface area contributed by atoms with Crippen molar-refractivity contribution in [1.29, 1.82) is 0 Å². The van der Waals surface area contributed by atoms with Crippen LogP contribution in [0.5, 0.6) is 0 Å². The average Bonchev–Trinajstić information content (AvgIpc) is 2.76. The topological polar surface area (TPSA) is 54.4 Å². The number of nitrogens with one attached hydrogen (secondary N) is 1. The van der Waals surface area contributed by atoms with Gasteiger partial charge in [0.1, 0.15) is 6.54 Å². The Morgan fingerprint density at radius 1 is 1.07 bits per heavy atom. The third kappa shape index (κ3) is 2.64. The molecule has 0 fully saturated rings. The molecule has 0 saturated heterocycles. The number of pyridine rings is 1. The average molecular weight is 367 g/mol. The molecule has 28 heavy (non-hydrogen) atoms. The Kier molecular flexibility index (Phi) is 4.05. The maximum atomic E-state index is 12.5. The number of nitrogens with zero attached hydrogens (tertiary/aromatic N) is 2. The third-order valence-corrected chi connectivity index (χ3v) is 5.71. The lowest BCUT2D eigenvalue weighted by atomic mass is 9.75. The van der Waals surface area contributed by atoms with E-state index in [0.29, 0.717) is 0 Å². The van der Waals surface area contributed by atoms with E-state index in [4.69, 9.17) is 4.99 Å². The number of hydrogen-bond donors (Lipinski definition) is 1. The van der Waals surface area contributed by atoms with Crippen LogP contribution in [0.2, 0.25) is 0 Å². The maximum Gasteiger partial charge on any atom is 0.184 e. The van der Waals surface area contributed by atoms with Crippen LogP contribution in [-0.2, 0) is 6.42 Å². The summed E-state index contributed by atoms with van der Waals surface area (Å²) >= 11 is 0. The summed E-state index contributed by atoms with van der Waals surface area (Å²) < 4.78 is 0. The van der Waals surface area contributed by atoms with Crippen molar-refractivity contribution < 1.29 is 4.79 Å². The monoisotopic (exact) mass is 367 g/mol. The molecular weight excluding hydrogens is 346 g/mol. The van der Waals surface area contributed by atoms with Crippen molar-refractivity contribution in [1.82, 2.24) is 4.98 Å². The summed E-state index contributed by atoms with van der Waals surface area (Å²) in [6.07, 6.45) is 4.69. The normalized spacial score (nSPS) is 20.2. The summed E-state index contributed by atoms with van der Waals surface area (Å²) in [4.78, 5) is 21.6. The first-order valence-corrected chi connectivity index (χ1v) is 9.72. The molecule has 0 spiro atoms. The second kappa shape index (κ2) is 6.71. The number of hydrogen-bond acceptors (Lipinski definition) is 4. The molecule has 0 aliphatic carbocycles. The first-order valence-electron chi connectivity index (χ1n) is 9.72. The Morgan fingerprint density at radius 3 is 2.75 bits per heavy atom. The molecule has 2 aliphatic heterocycles. The molecule has 4 nitrogen and oxygen atoms in total. The highest BCUT2D eigenvalue weighted by atomic mass is 16.1. The molecule has 138 valence electrons. The van der Waals surface area contributed by atoms with Gasteiger partial charge in [-0.2, -0.15) is 0 Å². The molecule has 0 bridgehead atoms. The predicted molar refractivity (Wildman–Crippen MR) is 111 cm³/mol. The largest absolute Gasteiger partial charge is 0.377 e. The Balaban J connectivity index is 1.74. The Morgan fingerprint density at radius 2 is 1.93 bits per heavy atom. The first kappa shape index (κ1) is 16.9. The van der Waals surface area contributed by atoms with Crippen LogP contribution >= 0.6 is 0 Å². The van der Waals surface area contributed by atoms with Gasteiger partial charge in [-0.15, -0.1) is 0 Å². The van der Waals surface area contributed by atoms with Crippen molar-refractivity contribution in [2.45, 2.75) is 25.3 Å². The molecule has 0 amide bonds. The molecule has 5 rings (SSSR count). The van der Waals surface area contributed by atoms with Gasteiger partial charge in [0.05, 0.1) is 17.7 Å². The summed E-state index contributed by atoms with van der Waals surface area (Å²) in [5.41, 5.74) is 7.35. The maximum absolute atomic E-state index is 12.5.